The number of rotatable bonds is 3. The Balaban J connectivity index is 1.99. The van der Waals surface area contributed by atoms with E-state index in [-0.39, 0.29) is 0 Å². The maximum Gasteiger partial charge on any atom is 0.324 e. The Bertz CT molecular complexity index is 659. The highest BCUT2D eigenvalue weighted by atomic mass is 79.9. The third-order valence-electron chi connectivity index (χ3n) is 2.32. The molecule has 0 saturated carbocycles. The van der Waals surface area contributed by atoms with Crippen molar-refractivity contribution in [1.82, 2.24) is 4.98 Å². The summed E-state index contributed by atoms with van der Waals surface area (Å²) in [5.74, 6) is 0.365. The molecule has 0 unspecified atom stereocenters. The molecular weight excluding hydrogens is 338 g/mol. The summed E-state index contributed by atoms with van der Waals surface area (Å²) in [6, 6.07) is 9.53. The lowest BCUT2D eigenvalue weighted by molar-refractivity contribution is -0.131. The van der Waals surface area contributed by atoms with Gasteiger partial charge in [0.25, 0.3) is 0 Å². The largest absolute Gasteiger partial charge is 0.427 e. The number of aromatic nitrogens is 1. The van der Waals surface area contributed by atoms with Gasteiger partial charge in [-0.2, -0.15) is 0 Å². The fourth-order valence-electron chi connectivity index (χ4n) is 1.53. The maximum atomic E-state index is 11.8. The molecule has 0 fully saturated rings. The quantitative estimate of drug-likeness (QED) is 0.657. The zero-order valence-corrected chi connectivity index (χ0v) is 12.7. The number of esters is 1. The first kappa shape index (κ1) is 15.0. The first-order valence-corrected chi connectivity index (χ1v) is 6.80. The van der Waals surface area contributed by atoms with Gasteiger partial charge in [-0.3, -0.25) is 10.1 Å². The molecule has 2 rings (SSSR count). The molecule has 1 heterocycles. The van der Waals surface area contributed by atoms with E-state index in [0.29, 0.717) is 17.3 Å². The number of nitrogens with one attached hydrogen (secondary N) is 2. The molecule has 108 valence electrons. The number of pyridine rings is 1. The average molecular weight is 350 g/mol. The molecule has 0 aliphatic heterocycles. The van der Waals surface area contributed by atoms with Gasteiger partial charge in [0, 0.05) is 29.3 Å². The fraction of sp³-hybridized carbons (Fsp3) is 0.0714. The van der Waals surface area contributed by atoms with Crippen molar-refractivity contribution in [3.63, 3.8) is 0 Å². The Morgan fingerprint density at radius 1 is 1.19 bits per heavy atom. The van der Waals surface area contributed by atoms with Crippen molar-refractivity contribution >= 4 is 39.4 Å². The van der Waals surface area contributed by atoms with Gasteiger partial charge >= 0.3 is 12.0 Å². The summed E-state index contributed by atoms with van der Waals surface area (Å²) in [5, 5.41) is 5.21. The molecule has 2 N–H and O–H groups in total. The number of carbonyl (C=O) groups excluding carboxylic acids is 2. The summed E-state index contributed by atoms with van der Waals surface area (Å²) in [6.45, 7) is 1.31. The molecule has 2 aromatic rings. The second-order valence-corrected chi connectivity index (χ2v) is 4.98. The molecule has 7 heteroatoms. The van der Waals surface area contributed by atoms with Crippen LogP contribution in [-0.4, -0.2) is 17.0 Å². The van der Waals surface area contributed by atoms with Gasteiger partial charge in [-0.1, -0.05) is 6.07 Å². The van der Waals surface area contributed by atoms with Crippen molar-refractivity contribution in [3.05, 3.63) is 47.1 Å². The van der Waals surface area contributed by atoms with Crippen LogP contribution in [0.3, 0.4) is 0 Å². The van der Waals surface area contributed by atoms with Gasteiger partial charge in [0.2, 0.25) is 0 Å². The Hall–Kier alpha value is -2.41. The third-order valence-corrected chi connectivity index (χ3v) is 2.79. The second-order valence-electron chi connectivity index (χ2n) is 4.06. The zero-order chi connectivity index (χ0) is 15.2. The number of ether oxygens (including phenoxy) is 1. The first-order valence-electron chi connectivity index (χ1n) is 6.01. The van der Waals surface area contributed by atoms with E-state index in [1.165, 1.54) is 6.92 Å². The zero-order valence-electron chi connectivity index (χ0n) is 11.1. The first-order chi connectivity index (χ1) is 10.0. The van der Waals surface area contributed by atoms with Crippen LogP contribution in [0.4, 0.5) is 16.3 Å². The summed E-state index contributed by atoms with van der Waals surface area (Å²) in [7, 11) is 0. The summed E-state index contributed by atoms with van der Waals surface area (Å²) in [5.41, 5.74) is 0.503. The Kier molecular flexibility index (Phi) is 4.89. The van der Waals surface area contributed by atoms with E-state index in [2.05, 4.69) is 31.5 Å². The van der Waals surface area contributed by atoms with Crippen molar-refractivity contribution in [3.8, 4) is 5.75 Å². The van der Waals surface area contributed by atoms with Crippen LogP contribution in [0.5, 0.6) is 5.75 Å². The minimum atomic E-state index is -0.440. The fourth-order valence-corrected chi connectivity index (χ4v) is 1.77. The predicted octanol–water partition coefficient (Wildman–Crippen LogP) is 3.41. The molecule has 0 saturated heterocycles. The van der Waals surface area contributed by atoms with Crippen molar-refractivity contribution in [2.24, 2.45) is 0 Å². The molecule has 6 nitrogen and oxygen atoms in total. The third kappa shape index (κ3) is 4.88. The van der Waals surface area contributed by atoms with Gasteiger partial charge in [0.1, 0.15) is 11.6 Å². The van der Waals surface area contributed by atoms with E-state index >= 15 is 0 Å². The van der Waals surface area contributed by atoms with Crippen LogP contribution in [-0.2, 0) is 4.79 Å². The molecule has 1 aromatic carbocycles. The van der Waals surface area contributed by atoms with Gasteiger partial charge in [-0.15, -0.1) is 0 Å². The van der Waals surface area contributed by atoms with Crippen molar-refractivity contribution < 1.29 is 14.3 Å². The van der Waals surface area contributed by atoms with Crippen LogP contribution in [0.15, 0.2) is 47.1 Å². The predicted molar refractivity (Wildman–Crippen MR) is 82.3 cm³/mol. The molecule has 21 heavy (non-hydrogen) atoms. The summed E-state index contributed by atoms with van der Waals surface area (Å²) < 4.78 is 5.76. The number of nitrogens with zero attached hydrogens (tertiary/aromatic N) is 1. The number of benzene rings is 1. The van der Waals surface area contributed by atoms with E-state index < -0.39 is 12.0 Å². The number of anilines is 2. The number of hydrogen-bond donors (Lipinski definition) is 2. The van der Waals surface area contributed by atoms with Crippen molar-refractivity contribution in [1.29, 1.82) is 0 Å². The lowest BCUT2D eigenvalue weighted by Gasteiger charge is -2.08. The molecule has 0 aliphatic rings. The van der Waals surface area contributed by atoms with E-state index in [1.54, 1.807) is 42.6 Å². The molecule has 0 atom stereocenters. The van der Waals surface area contributed by atoms with E-state index in [1.807, 2.05) is 0 Å². The minimum Gasteiger partial charge on any atom is -0.427 e. The minimum absolute atomic E-state index is 0.363. The van der Waals surface area contributed by atoms with E-state index in [9.17, 15) is 9.59 Å². The Morgan fingerprint density at radius 2 is 2.00 bits per heavy atom. The monoisotopic (exact) mass is 349 g/mol. The molecule has 0 aliphatic carbocycles. The summed E-state index contributed by atoms with van der Waals surface area (Å²) in [6.07, 6.45) is 1.58. The van der Waals surface area contributed by atoms with Gasteiger partial charge in [-0.25, -0.2) is 9.78 Å². The lowest BCUT2D eigenvalue weighted by Crippen LogP contribution is -2.20. The molecule has 0 bridgehead atoms. The SMILES string of the molecule is CC(=O)Oc1cccc(NC(=O)Nc2ccc(Br)cn2)c1. The topological polar surface area (TPSA) is 80.3 Å². The highest BCUT2D eigenvalue weighted by Gasteiger charge is 2.05. The Morgan fingerprint density at radius 3 is 2.67 bits per heavy atom. The average Bonchev–Trinajstić information content (AvgIpc) is 2.41. The van der Waals surface area contributed by atoms with Gasteiger partial charge < -0.3 is 10.1 Å². The van der Waals surface area contributed by atoms with E-state index in [0.717, 1.165) is 4.47 Å². The van der Waals surface area contributed by atoms with Gasteiger partial charge in [0.15, 0.2) is 0 Å². The van der Waals surface area contributed by atoms with Crippen LogP contribution in [0.25, 0.3) is 0 Å². The highest BCUT2D eigenvalue weighted by Crippen LogP contribution is 2.18. The van der Waals surface area contributed by atoms with Crippen molar-refractivity contribution in [2.75, 3.05) is 10.6 Å². The van der Waals surface area contributed by atoms with Gasteiger partial charge in [0.05, 0.1) is 0 Å². The van der Waals surface area contributed by atoms with Gasteiger partial charge in [-0.05, 0) is 40.2 Å². The lowest BCUT2D eigenvalue weighted by atomic mass is 10.3. The molecule has 0 spiro atoms. The van der Waals surface area contributed by atoms with Crippen molar-refractivity contribution in [2.45, 2.75) is 6.92 Å². The molecule has 2 amide bonds. The van der Waals surface area contributed by atoms with Crippen LogP contribution in [0.1, 0.15) is 6.92 Å². The number of carbonyl (C=O) groups is 2. The number of hydrogen-bond acceptors (Lipinski definition) is 4. The number of amides is 2. The standard InChI is InChI=1S/C14H12BrN3O3/c1-9(19)21-12-4-2-3-11(7-12)17-14(20)18-13-6-5-10(15)8-16-13/h2-8H,1H3,(H2,16,17,18,20). The molecular formula is C14H12BrN3O3. The number of halogens is 1. The second kappa shape index (κ2) is 6.85. The maximum absolute atomic E-state index is 11.8. The molecule has 1 aromatic heterocycles. The van der Waals surface area contributed by atoms with Crippen LogP contribution in [0.2, 0.25) is 0 Å². The number of urea groups is 1. The molecule has 0 radical (unpaired) electrons. The summed E-state index contributed by atoms with van der Waals surface area (Å²) in [4.78, 5) is 26.7. The van der Waals surface area contributed by atoms with Crippen LogP contribution >= 0.6 is 15.9 Å². The van der Waals surface area contributed by atoms with Crippen LogP contribution < -0.4 is 15.4 Å². The summed E-state index contributed by atoms with van der Waals surface area (Å²) >= 11 is 3.26. The highest BCUT2D eigenvalue weighted by molar-refractivity contribution is 9.10. The van der Waals surface area contributed by atoms with E-state index in [4.69, 9.17) is 4.74 Å². The Labute approximate surface area is 129 Å². The normalized spacial score (nSPS) is 9.81. The smallest absolute Gasteiger partial charge is 0.324 e. The van der Waals surface area contributed by atoms with Crippen LogP contribution in [0, 0.1) is 0 Å².